The summed E-state index contributed by atoms with van der Waals surface area (Å²) in [6.07, 6.45) is 0.934. The van der Waals surface area contributed by atoms with E-state index in [0.717, 1.165) is 6.42 Å². The highest BCUT2D eigenvalue weighted by molar-refractivity contribution is 7.92. The molecule has 0 radical (unpaired) electrons. The first-order valence-corrected chi connectivity index (χ1v) is 10.6. The topological polar surface area (TPSA) is 84.5 Å². The highest BCUT2D eigenvalue weighted by Crippen LogP contribution is 2.19. The van der Waals surface area contributed by atoms with E-state index in [1.165, 1.54) is 29.8 Å². The summed E-state index contributed by atoms with van der Waals surface area (Å²) in [5.74, 6) is 0.108. The quantitative estimate of drug-likeness (QED) is 0.586. The number of carbonyl (C=O) groups is 1. The average molecular weight is 410 g/mol. The number of anilines is 2. The van der Waals surface area contributed by atoms with Crippen molar-refractivity contribution in [1.29, 1.82) is 0 Å². The van der Waals surface area contributed by atoms with Gasteiger partial charge in [-0.2, -0.15) is 0 Å². The number of carbonyl (C=O) groups excluding carboxylic acids is 1. The molecule has 0 bridgehead atoms. The monoisotopic (exact) mass is 410 g/mol. The number of hydrogen-bond acceptors (Lipinski definition) is 4. The molecule has 0 fully saturated rings. The molecule has 0 aliphatic heterocycles. The molecule has 0 aromatic heterocycles. The van der Waals surface area contributed by atoms with E-state index >= 15 is 0 Å². The maximum atomic E-state index is 12.4. The van der Waals surface area contributed by atoms with Crippen LogP contribution in [0.5, 0.6) is 5.75 Å². The lowest BCUT2D eigenvalue weighted by Crippen LogP contribution is -2.20. The molecule has 7 heteroatoms. The van der Waals surface area contributed by atoms with Crippen LogP contribution in [0.15, 0.2) is 83.8 Å². The van der Waals surface area contributed by atoms with E-state index in [1.807, 2.05) is 24.3 Å². The molecule has 1 amide bonds. The van der Waals surface area contributed by atoms with Crippen molar-refractivity contribution in [2.24, 2.45) is 0 Å². The van der Waals surface area contributed by atoms with E-state index in [-0.39, 0.29) is 17.4 Å². The Hall–Kier alpha value is -3.32. The molecule has 0 aliphatic carbocycles. The first-order valence-electron chi connectivity index (χ1n) is 9.16. The number of nitrogens with one attached hydrogen (secondary N) is 2. The van der Waals surface area contributed by atoms with Crippen molar-refractivity contribution in [3.63, 3.8) is 0 Å². The maximum absolute atomic E-state index is 12.4. The summed E-state index contributed by atoms with van der Waals surface area (Å²) in [4.78, 5) is 12.1. The smallest absolute Gasteiger partial charge is 0.262 e. The van der Waals surface area contributed by atoms with Crippen LogP contribution in [0.3, 0.4) is 0 Å². The van der Waals surface area contributed by atoms with Crippen LogP contribution in [0.2, 0.25) is 0 Å². The highest BCUT2D eigenvalue weighted by atomic mass is 32.2. The van der Waals surface area contributed by atoms with Gasteiger partial charge in [-0.3, -0.25) is 9.52 Å². The fraction of sp³-hybridized carbons (Fsp3) is 0.136. The Kier molecular flexibility index (Phi) is 6.51. The largest absolute Gasteiger partial charge is 0.484 e. The first-order chi connectivity index (χ1) is 14.0. The fourth-order valence-corrected chi connectivity index (χ4v) is 3.66. The number of para-hydroxylation sites is 1. The second-order valence-electron chi connectivity index (χ2n) is 6.33. The van der Waals surface area contributed by atoms with E-state index in [0.29, 0.717) is 17.1 Å². The number of hydrogen-bond donors (Lipinski definition) is 2. The summed E-state index contributed by atoms with van der Waals surface area (Å²) >= 11 is 0. The summed E-state index contributed by atoms with van der Waals surface area (Å²) in [7, 11) is -3.69. The molecule has 29 heavy (non-hydrogen) atoms. The van der Waals surface area contributed by atoms with Gasteiger partial charge in [-0.25, -0.2) is 8.42 Å². The Labute approximate surface area is 170 Å². The molecule has 0 atom stereocenters. The van der Waals surface area contributed by atoms with Gasteiger partial charge < -0.3 is 10.1 Å². The first kappa shape index (κ1) is 20.4. The van der Waals surface area contributed by atoms with Crippen LogP contribution >= 0.6 is 0 Å². The lowest BCUT2D eigenvalue weighted by atomic mass is 10.1. The number of aryl methyl sites for hydroxylation is 1. The number of ether oxygens (including phenoxy) is 1. The van der Waals surface area contributed by atoms with E-state index in [1.54, 1.807) is 30.3 Å². The van der Waals surface area contributed by atoms with Crippen LogP contribution in [0.1, 0.15) is 12.5 Å². The van der Waals surface area contributed by atoms with Crippen molar-refractivity contribution in [2.45, 2.75) is 18.2 Å². The molecule has 0 spiro atoms. The Morgan fingerprint density at radius 3 is 2.14 bits per heavy atom. The maximum Gasteiger partial charge on any atom is 0.262 e. The van der Waals surface area contributed by atoms with Gasteiger partial charge in [0.1, 0.15) is 5.75 Å². The minimum absolute atomic E-state index is 0.106. The van der Waals surface area contributed by atoms with Gasteiger partial charge in [0.25, 0.3) is 15.9 Å². The zero-order chi connectivity index (χ0) is 20.7. The molecule has 6 nitrogen and oxygen atoms in total. The van der Waals surface area contributed by atoms with Crippen LogP contribution < -0.4 is 14.8 Å². The zero-order valence-electron chi connectivity index (χ0n) is 16.0. The lowest BCUT2D eigenvalue weighted by Gasteiger charge is -2.10. The summed E-state index contributed by atoms with van der Waals surface area (Å²) in [6.45, 7) is 1.89. The van der Waals surface area contributed by atoms with Crippen LogP contribution in [0.4, 0.5) is 11.4 Å². The summed E-state index contributed by atoms with van der Waals surface area (Å²) in [5.41, 5.74) is 2.37. The SMILES string of the molecule is CCc1ccc(NC(=O)COc2ccc(S(=O)(=O)Nc3ccccc3)cc2)cc1. The average Bonchev–Trinajstić information content (AvgIpc) is 2.73. The highest BCUT2D eigenvalue weighted by Gasteiger charge is 2.14. The third kappa shape index (κ3) is 5.83. The molecule has 2 N–H and O–H groups in total. The van der Waals surface area contributed by atoms with Crippen LogP contribution in [0, 0.1) is 0 Å². The van der Waals surface area contributed by atoms with Gasteiger partial charge in [-0.15, -0.1) is 0 Å². The second-order valence-corrected chi connectivity index (χ2v) is 8.01. The summed E-state index contributed by atoms with van der Waals surface area (Å²) < 4.78 is 32.8. The van der Waals surface area contributed by atoms with Crippen LogP contribution in [-0.2, 0) is 21.2 Å². The van der Waals surface area contributed by atoms with Crippen molar-refractivity contribution in [2.75, 3.05) is 16.6 Å². The molecular weight excluding hydrogens is 388 g/mol. The second kappa shape index (κ2) is 9.25. The van der Waals surface area contributed by atoms with Gasteiger partial charge in [-0.1, -0.05) is 37.3 Å². The normalized spacial score (nSPS) is 10.9. The van der Waals surface area contributed by atoms with Crippen LogP contribution in [0.25, 0.3) is 0 Å². The molecule has 0 saturated heterocycles. The molecule has 3 aromatic rings. The molecule has 0 saturated carbocycles. The predicted molar refractivity (Wildman–Crippen MR) is 114 cm³/mol. The van der Waals surface area contributed by atoms with Crippen molar-refractivity contribution in [1.82, 2.24) is 0 Å². The number of rotatable bonds is 8. The van der Waals surface area contributed by atoms with Crippen molar-refractivity contribution >= 4 is 27.3 Å². The molecule has 3 aromatic carbocycles. The zero-order valence-corrected chi connectivity index (χ0v) is 16.8. The van der Waals surface area contributed by atoms with Gasteiger partial charge in [-0.05, 0) is 60.5 Å². The summed E-state index contributed by atoms with van der Waals surface area (Å²) in [5, 5.41) is 2.76. The predicted octanol–water partition coefficient (Wildman–Crippen LogP) is 4.07. The lowest BCUT2D eigenvalue weighted by molar-refractivity contribution is -0.118. The van der Waals surface area contributed by atoms with Gasteiger partial charge >= 0.3 is 0 Å². The van der Waals surface area contributed by atoms with Gasteiger partial charge in [0.15, 0.2) is 6.61 Å². The third-order valence-electron chi connectivity index (χ3n) is 4.18. The molecule has 0 unspecified atom stereocenters. The van der Waals surface area contributed by atoms with E-state index in [2.05, 4.69) is 17.0 Å². The molecule has 3 rings (SSSR count). The minimum Gasteiger partial charge on any atom is -0.484 e. The van der Waals surface area contributed by atoms with Crippen molar-refractivity contribution in [3.05, 3.63) is 84.4 Å². The Morgan fingerprint density at radius 2 is 1.52 bits per heavy atom. The van der Waals surface area contributed by atoms with Crippen LogP contribution in [-0.4, -0.2) is 20.9 Å². The van der Waals surface area contributed by atoms with Crippen molar-refractivity contribution in [3.8, 4) is 5.75 Å². The Morgan fingerprint density at radius 1 is 0.862 bits per heavy atom. The molecule has 150 valence electrons. The number of sulfonamides is 1. The molecular formula is C22H22N2O4S. The standard InChI is InChI=1S/C22H22N2O4S/c1-2-17-8-10-18(11-9-17)23-22(25)16-28-20-12-14-21(15-13-20)29(26,27)24-19-6-4-3-5-7-19/h3-15,24H,2,16H2,1H3,(H,23,25). The van der Waals surface area contributed by atoms with Gasteiger partial charge in [0, 0.05) is 11.4 Å². The van der Waals surface area contributed by atoms with E-state index in [4.69, 9.17) is 4.74 Å². The fourth-order valence-electron chi connectivity index (χ4n) is 2.61. The van der Waals surface area contributed by atoms with E-state index < -0.39 is 10.0 Å². The van der Waals surface area contributed by atoms with Crippen molar-refractivity contribution < 1.29 is 17.9 Å². The Balaban J connectivity index is 1.55. The van der Waals surface area contributed by atoms with E-state index in [9.17, 15) is 13.2 Å². The Bertz CT molecular complexity index is 1050. The number of benzene rings is 3. The van der Waals surface area contributed by atoms with Gasteiger partial charge in [0.05, 0.1) is 4.90 Å². The molecule has 0 aliphatic rings. The summed E-state index contributed by atoms with van der Waals surface area (Å²) in [6, 6.07) is 22.1. The third-order valence-corrected chi connectivity index (χ3v) is 5.57. The minimum atomic E-state index is -3.69. The number of amides is 1. The molecule has 0 heterocycles. The van der Waals surface area contributed by atoms with Gasteiger partial charge in [0.2, 0.25) is 0 Å².